The predicted molar refractivity (Wildman–Crippen MR) is 157 cm³/mol. The molecule has 0 radical (unpaired) electrons. The Balaban J connectivity index is 1.72. The Labute approximate surface area is 278 Å². The molecule has 20 nitrogen and oxygen atoms in total. The van der Waals surface area contributed by atoms with Crippen molar-refractivity contribution in [2.45, 2.75) is 72.4 Å². The molecule has 2 saturated heterocycles. The highest BCUT2D eigenvalue weighted by Crippen LogP contribution is 2.61. The molecule has 0 spiro atoms. The van der Waals surface area contributed by atoms with Gasteiger partial charge in [0.2, 0.25) is 10.0 Å². The fourth-order valence-corrected chi connectivity index (χ4v) is 7.06. The van der Waals surface area contributed by atoms with Crippen LogP contribution in [0, 0.1) is 5.92 Å². The number of nitrogen functional groups attached to an aromatic ring is 1. The van der Waals surface area contributed by atoms with E-state index in [-0.39, 0.29) is 35.9 Å². The number of sulfonamides is 1. The molecule has 49 heavy (non-hydrogen) atoms. The molecule has 12 N–H and O–H groups in total. The molecule has 0 bridgehead atoms. The summed E-state index contributed by atoms with van der Waals surface area (Å²) in [5.74, 6) is -22.7. The Hall–Kier alpha value is -3.55. The summed E-state index contributed by atoms with van der Waals surface area (Å²) in [5.41, 5.74) is 1.81. The number of anilines is 1. The summed E-state index contributed by atoms with van der Waals surface area (Å²) in [4.78, 5) is 24.9. The van der Waals surface area contributed by atoms with Gasteiger partial charge in [0, 0.05) is 12.2 Å². The van der Waals surface area contributed by atoms with Gasteiger partial charge < -0.3 is 66.5 Å². The molecule has 1 amide bonds. The van der Waals surface area contributed by atoms with Crippen LogP contribution in [0.3, 0.4) is 0 Å². The van der Waals surface area contributed by atoms with Gasteiger partial charge in [0.05, 0.1) is 17.5 Å². The quantitative estimate of drug-likeness (QED) is 0.0532. The van der Waals surface area contributed by atoms with E-state index in [1.54, 1.807) is 44.2 Å². The van der Waals surface area contributed by atoms with Gasteiger partial charge in [-0.2, -0.15) is 4.31 Å². The van der Waals surface area contributed by atoms with Crippen LogP contribution < -0.4 is 11.1 Å². The number of hydrogen-bond acceptors (Lipinski definition) is 18. The van der Waals surface area contributed by atoms with Crippen LogP contribution >= 0.6 is 0 Å². The Morgan fingerprint density at radius 2 is 1.49 bits per heavy atom. The second-order valence-electron chi connectivity index (χ2n) is 11.9. The highest BCUT2D eigenvalue weighted by Gasteiger charge is 2.98. The van der Waals surface area contributed by atoms with Crippen LogP contribution in [0.4, 0.5) is 10.5 Å². The summed E-state index contributed by atoms with van der Waals surface area (Å²) >= 11 is 0. The summed E-state index contributed by atoms with van der Waals surface area (Å²) in [7, 11) is -4.32. The van der Waals surface area contributed by atoms with Crippen molar-refractivity contribution in [3.8, 4) is 0 Å². The lowest BCUT2D eigenvalue weighted by molar-refractivity contribution is -0.530. The van der Waals surface area contributed by atoms with Gasteiger partial charge in [0.1, 0.15) is 6.10 Å². The van der Waals surface area contributed by atoms with Crippen molar-refractivity contribution in [2.24, 2.45) is 5.92 Å². The second kappa shape index (κ2) is 13.0. The topological polar surface area (TPSA) is 329 Å². The summed E-state index contributed by atoms with van der Waals surface area (Å²) in [5, 5.41) is 95.6. The zero-order chi connectivity index (χ0) is 36.8. The maximum absolute atomic E-state index is 13.7. The largest absolute Gasteiger partial charge is 0.461 e. The monoisotopic (exact) mass is 719 g/mol. The molecule has 0 saturated carbocycles. The molecular weight excluding hydrogens is 682 g/mol. The second-order valence-corrected chi connectivity index (χ2v) is 13.9. The van der Waals surface area contributed by atoms with Crippen LogP contribution in [0.1, 0.15) is 19.4 Å². The van der Waals surface area contributed by atoms with E-state index in [9.17, 15) is 64.0 Å². The van der Waals surface area contributed by atoms with Crippen LogP contribution in [-0.2, 0) is 40.2 Å². The number of amides is 1. The van der Waals surface area contributed by atoms with Crippen molar-refractivity contribution >= 4 is 28.3 Å². The Morgan fingerprint density at radius 3 is 2.04 bits per heavy atom. The number of carbonyl (C=O) groups excluding carboxylic acids is 2. The number of carbonyl (C=O) groups is 2. The van der Waals surface area contributed by atoms with Crippen LogP contribution in [0.25, 0.3) is 0 Å². The highest BCUT2D eigenvalue weighted by atomic mass is 32.2. The zero-order valence-corrected chi connectivity index (χ0v) is 26.7. The highest BCUT2D eigenvalue weighted by molar-refractivity contribution is 7.89. The van der Waals surface area contributed by atoms with E-state index < -0.39 is 69.9 Å². The van der Waals surface area contributed by atoms with E-state index in [2.05, 4.69) is 19.5 Å². The van der Waals surface area contributed by atoms with E-state index in [0.29, 0.717) is 5.56 Å². The summed E-state index contributed by atoms with van der Waals surface area (Å²) in [6.07, 6.45) is -3.85. The lowest BCUT2D eigenvalue weighted by atomic mass is 9.83. The van der Waals surface area contributed by atoms with Gasteiger partial charge in [-0.15, -0.1) is 0 Å². The third kappa shape index (κ3) is 6.45. The molecule has 0 aromatic heterocycles. The first-order valence-electron chi connectivity index (χ1n) is 14.4. The molecule has 4 rings (SSSR count). The zero-order valence-electron chi connectivity index (χ0n) is 25.9. The van der Waals surface area contributed by atoms with E-state index in [1.807, 2.05) is 0 Å². The van der Waals surface area contributed by atoms with Crippen molar-refractivity contribution in [1.29, 1.82) is 0 Å². The minimum Gasteiger partial charge on any atom is -0.461 e. The minimum absolute atomic E-state index is 0.0451. The third-order valence-corrected chi connectivity index (χ3v) is 9.75. The number of hydrogen-bond donors (Lipinski definition) is 11. The normalized spacial score (nSPS) is 28.1. The lowest BCUT2D eigenvalue weighted by Gasteiger charge is -2.43. The van der Waals surface area contributed by atoms with Crippen LogP contribution in [-0.4, -0.2) is 132 Å². The molecule has 2 heterocycles. The predicted octanol–water partition coefficient (Wildman–Crippen LogP) is -4.12. The molecule has 0 aliphatic carbocycles. The summed E-state index contributed by atoms with van der Waals surface area (Å²) in [6, 6.07) is 11.6. The van der Waals surface area contributed by atoms with Crippen molar-refractivity contribution in [2.75, 3.05) is 18.8 Å². The standard InChI is InChI=1S/C28H37N3O17S/c1-16(2)13-31(49(43,44)19-10-8-18(29)9-11-19)14-21(45-15-32)20(12-17-6-4-3-5-7-17)30-22(33)46-25(37)23(34)24(35,36)26(38,39)47-28(23,42)48-27(25,40)41/h3-11,15-16,20-21,34-42H,12-14,29H2,1-2H3,(H,30,33). The van der Waals surface area contributed by atoms with Crippen LogP contribution in [0.5, 0.6) is 0 Å². The van der Waals surface area contributed by atoms with Crippen molar-refractivity contribution in [3.63, 3.8) is 0 Å². The van der Waals surface area contributed by atoms with Crippen LogP contribution in [0.15, 0.2) is 59.5 Å². The SMILES string of the molecule is CC(C)CN(CC(OC=O)C(Cc1ccccc1)NC(=O)OC1(O)C(O)(O)OC2(O)OC(O)(O)C(O)(O)C21O)S(=O)(=O)c1ccc(N)cc1. The molecular formula is C28H37N3O17S. The maximum atomic E-state index is 13.7. The summed E-state index contributed by atoms with van der Waals surface area (Å²) in [6.45, 7) is 2.61. The average Bonchev–Trinajstić information content (AvgIpc) is 3.17. The molecule has 2 fully saturated rings. The lowest BCUT2D eigenvalue weighted by Crippen LogP contribution is -2.78. The number of rotatable bonds is 13. The molecule has 5 unspecified atom stereocenters. The first-order valence-corrected chi connectivity index (χ1v) is 15.8. The Bertz CT molecular complexity index is 1620. The van der Waals surface area contributed by atoms with Gasteiger partial charge in [0.15, 0.2) is 0 Å². The maximum Gasteiger partial charge on any atom is 0.410 e. The third-order valence-electron chi connectivity index (χ3n) is 7.90. The van der Waals surface area contributed by atoms with Gasteiger partial charge in [-0.05, 0) is 42.2 Å². The Morgan fingerprint density at radius 1 is 0.918 bits per heavy atom. The van der Waals surface area contributed by atoms with E-state index in [1.165, 1.54) is 24.3 Å². The van der Waals surface area contributed by atoms with Gasteiger partial charge in [-0.1, -0.05) is 44.2 Å². The number of fused-ring (bicyclic) bond motifs is 1. The van der Waals surface area contributed by atoms with Crippen molar-refractivity contribution in [1.82, 2.24) is 9.62 Å². The van der Waals surface area contributed by atoms with Gasteiger partial charge >= 0.3 is 29.8 Å². The number of alkyl carbamates (subject to hydrolysis) is 1. The van der Waals surface area contributed by atoms with E-state index >= 15 is 0 Å². The average molecular weight is 720 g/mol. The number of nitrogens with one attached hydrogen (secondary N) is 1. The number of nitrogens with zero attached hydrogens (tertiary/aromatic N) is 1. The first-order chi connectivity index (χ1) is 22.5. The molecule has 2 aliphatic rings. The first kappa shape index (κ1) is 38.3. The fraction of sp³-hybridized carbons (Fsp3) is 0.500. The molecule has 2 aliphatic heterocycles. The van der Waals surface area contributed by atoms with Crippen molar-refractivity contribution < 1.29 is 82.9 Å². The van der Waals surface area contributed by atoms with E-state index in [4.69, 9.17) is 10.5 Å². The molecule has 5 atom stereocenters. The molecule has 272 valence electrons. The van der Waals surface area contributed by atoms with Gasteiger partial charge in [-0.3, -0.25) is 14.3 Å². The van der Waals surface area contributed by atoms with Crippen molar-refractivity contribution in [3.05, 3.63) is 60.2 Å². The number of aliphatic hydroxyl groups is 9. The molecule has 2 aromatic rings. The van der Waals surface area contributed by atoms with Gasteiger partial charge in [0.25, 0.3) is 17.9 Å². The van der Waals surface area contributed by atoms with Gasteiger partial charge in [-0.25, -0.2) is 13.2 Å². The van der Waals surface area contributed by atoms with Crippen LogP contribution in [0.2, 0.25) is 0 Å². The molecule has 21 heteroatoms. The number of nitrogens with two attached hydrogens (primary N) is 1. The number of ether oxygens (including phenoxy) is 4. The Kier molecular flexibility index (Phi) is 10.1. The summed E-state index contributed by atoms with van der Waals surface area (Å²) < 4.78 is 46.4. The molecule has 2 aromatic carbocycles. The fourth-order valence-electron chi connectivity index (χ4n) is 5.44. The minimum atomic E-state index is -4.68. The van der Waals surface area contributed by atoms with E-state index in [0.717, 1.165) is 4.31 Å². The smallest absolute Gasteiger partial charge is 0.410 e. The number of benzene rings is 2.